The molecule has 112 valence electrons. The lowest BCUT2D eigenvalue weighted by atomic mass is 10.2. The molecular formula is C13H11Cl2FN2O2S. The molecule has 4 nitrogen and oxygen atoms in total. The zero-order valence-corrected chi connectivity index (χ0v) is 13.3. The van der Waals surface area contributed by atoms with Crippen molar-refractivity contribution in [3.63, 3.8) is 0 Å². The zero-order valence-electron chi connectivity index (χ0n) is 10.9. The number of rotatable bonds is 4. The molecule has 0 radical (unpaired) electrons. The van der Waals surface area contributed by atoms with Gasteiger partial charge in [0.25, 0.3) is 0 Å². The van der Waals surface area contributed by atoms with Crippen molar-refractivity contribution in [2.24, 2.45) is 0 Å². The Balaban J connectivity index is 2.28. The molecule has 21 heavy (non-hydrogen) atoms. The monoisotopic (exact) mass is 348 g/mol. The molecule has 2 aromatic rings. The Bertz CT molecular complexity index is 769. The largest absolute Gasteiger partial charge is 0.244 e. The maximum absolute atomic E-state index is 13.1. The fourth-order valence-corrected chi connectivity index (χ4v) is 3.17. The van der Waals surface area contributed by atoms with E-state index in [1.54, 1.807) is 6.07 Å². The molecule has 1 aromatic carbocycles. The van der Waals surface area contributed by atoms with Crippen LogP contribution in [0.1, 0.15) is 5.56 Å². The molecule has 0 unspecified atom stereocenters. The molecule has 1 aromatic heterocycles. The van der Waals surface area contributed by atoms with E-state index in [2.05, 4.69) is 4.98 Å². The Labute approximate surface area is 132 Å². The normalized spacial score (nSPS) is 11.9. The van der Waals surface area contributed by atoms with E-state index in [0.717, 1.165) is 10.5 Å². The topological polar surface area (TPSA) is 50.3 Å². The second-order valence-corrected chi connectivity index (χ2v) is 7.14. The van der Waals surface area contributed by atoms with Gasteiger partial charge in [-0.3, -0.25) is 0 Å². The smallest absolute Gasteiger partial charge is 0.242 e. The number of nitrogens with zero attached hydrogens (tertiary/aromatic N) is 2. The lowest BCUT2D eigenvalue weighted by Crippen LogP contribution is -2.26. The van der Waals surface area contributed by atoms with Gasteiger partial charge in [0, 0.05) is 19.8 Å². The Morgan fingerprint density at radius 1 is 1.29 bits per heavy atom. The lowest BCUT2D eigenvalue weighted by molar-refractivity contribution is 0.465. The molecule has 8 heteroatoms. The fourth-order valence-electron chi connectivity index (χ4n) is 1.70. The van der Waals surface area contributed by atoms with Crippen LogP contribution in [-0.2, 0) is 16.6 Å². The summed E-state index contributed by atoms with van der Waals surface area (Å²) in [6.07, 6.45) is 1.13. The van der Waals surface area contributed by atoms with Gasteiger partial charge in [0.1, 0.15) is 15.9 Å². The van der Waals surface area contributed by atoms with Crippen LogP contribution in [0.4, 0.5) is 4.39 Å². The number of hydrogen-bond donors (Lipinski definition) is 0. The molecule has 0 aliphatic heterocycles. The maximum Gasteiger partial charge on any atom is 0.244 e. The first-order chi connectivity index (χ1) is 9.80. The zero-order chi connectivity index (χ0) is 15.6. The predicted octanol–water partition coefficient (Wildman–Crippen LogP) is 3.35. The second-order valence-electron chi connectivity index (χ2n) is 4.33. The molecule has 0 saturated heterocycles. The highest BCUT2D eigenvalue weighted by Gasteiger charge is 2.22. The highest BCUT2D eigenvalue weighted by atomic mass is 35.5. The number of halogens is 3. The molecule has 0 saturated carbocycles. The minimum absolute atomic E-state index is 0.0281. The van der Waals surface area contributed by atoms with Crippen LogP contribution in [0.25, 0.3) is 0 Å². The fraction of sp³-hybridized carbons (Fsp3) is 0.154. The van der Waals surface area contributed by atoms with Crippen LogP contribution in [-0.4, -0.2) is 24.8 Å². The van der Waals surface area contributed by atoms with Crippen LogP contribution in [0, 0.1) is 5.82 Å². The van der Waals surface area contributed by atoms with E-state index in [4.69, 9.17) is 23.2 Å². The van der Waals surface area contributed by atoms with Gasteiger partial charge in [-0.25, -0.2) is 17.8 Å². The first kappa shape index (κ1) is 16.2. The minimum atomic E-state index is -3.78. The SMILES string of the molecule is CN(Cc1cccc(F)c1)S(=O)(=O)c1cnc(Cl)c(Cl)c1. The predicted molar refractivity (Wildman–Crippen MR) is 79.3 cm³/mol. The number of hydrogen-bond acceptors (Lipinski definition) is 3. The standard InChI is InChI=1S/C13H11Cl2FN2O2S/c1-18(8-9-3-2-4-10(16)5-9)21(19,20)11-6-12(14)13(15)17-7-11/h2-7H,8H2,1H3. The molecule has 0 bridgehead atoms. The summed E-state index contributed by atoms with van der Waals surface area (Å²) in [5, 5.41) is 0.0836. The Morgan fingerprint density at radius 2 is 2.00 bits per heavy atom. The van der Waals surface area contributed by atoms with Crippen molar-refractivity contribution in [2.75, 3.05) is 7.05 Å². The van der Waals surface area contributed by atoms with Gasteiger partial charge in [-0.05, 0) is 23.8 Å². The summed E-state index contributed by atoms with van der Waals surface area (Å²) in [6.45, 7) is 0.0281. The first-order valence-corrected chi connectivity index (χ1v) is 8.02. The van der Waals surface area contributed by atoms with Crippen molar-refractivity contribution in [3.8, 4) is 0 Å². The molecule has 0 fully saturated rings. The summed E-state index contributed by atoms with van der Waals surface area (Å²) in [4.78, 5) is 3.64. The number of benzene rings is 1. The van der Waals surface area contributed by atoms with Crippen LogP contribution in [0.15, 0.2) is 41.4 Å². The molecule has 0 aliphatic rings. The van der Waals surface area contributed by atoms with Gasteiger partial charge in [0.2, 0.25) is 10.0 Å². The van der Waals surface area contributed by atoms with Gasteiger partial charge in [0.05, 0.1) is 5.02 Å². The van der Waals surface area contributed by atoms with Gasteiger partial charge < -0.3 is 0 Å². The summed E-state index contributed by atoms with van der Waals surface area (Å²) < 4.78 is 39.0. The molecule has 0 aliphatic carbocycles. The van der Waals surface area contributed by atoms with Crippen LogP contribution < -0.4 is 0 Å². The van der Waals surface area contributed by atoms with Crippen molar-refractivity contribution in [2.45, 2.75) is 11.4 Å². The van der Waals surface area contributed by atoms with E-state index in [9.17, 15) is 12.8 Å². The van der Waals surface area contributed by atoms with Crippen molar-refractivity contribution in [1.82, 2.24) is 9.29 Å². The van der Waals surface area contributed by atoms with E-state index < -0.39 is 15.8 Å². The van der Waals surface area contributed by atoms with E-state index >= 15 is 0 Å². The summed E-state index contributed by atoms with van der Waals surface area (Å²) in [6, 6.07) is 6.96. The van der Waals surface area contributed by atoms with Crippen molar-refractivity contribution in [1.29, 1.82) is 0 Å². The van der Waals surface area contributed by atoms with Crippen LogP contribution in [0.3, 0.4) is 0 Å². The summed E-state index contributed by atoms with van der Waals surface area (Å²) in [7, 11) is -2.39. The lowest BCUT2D eigenvalue weighted by Gasteiger charge is -2.17. The third kappa shape index (κ3) is 3.71. The Morgan fingerprint density at radius 3 is 2.62 bits per heavy atom. The van der Waals surface area contributed by atoms with Crippen molar-refractivity contribution >= 4 is 33.2 Å². The van der Waals surface area contributed by atoms with Gasteiger partial charge in [-0.2, -0.15) is 4.31 Å². The third-order valence-electron chi connectivity index (χ3n) is 2.77. The van der Waals surface area contributed by atoms with Gasteiger partial charge in [-0.15, -0.1) is 0 Å². The van der Waals surface area contributed by atoms with E-state index in [0.29, 0.717) is 5.56 Å². The van der Waals surface area contributed by atoms with E-state index in [1.807, 2.05) is 0 Å². The average molecular weight is 349 g/mol. The van der Waals surface area contributed by atoms with Crippen LogP contribution >= 0.6 is 23.2 Å². The summed E-state index contributed by atoms with van der Waals surface area (Å²) in [5.74, 6) is -0.422. The maximum atomic E-state index is 13.1. The highest BCUT2D eigenvalue weighted by Crippen LogP contribution is 2.24. The van der Waals surface area contributed by atoms with Gasteiger partial charge >= 0.3 is 0 Å². The molecule has 0 amide bonds. The quantitative estimate of drug-likeness (QED) is 0.796. The third-order valence-corrected chi connectivity index (χ3v) is 5.23. The molecule has 0 N–H and O–H groups in total. The van der Waals surface area contributed by atoms with Gasteiger partial charge in [0.15, 0.2) is 0 Å². The van der Waals surface area contributed by atoms with E-state index in [-0.39, 0.29) is 21.6 Å². The average Bonchev–Trinajstić information content (AvgIpc) is 2.41. The Kier molecular flexibility index (Phi) is 4.83. The Hall–Kier alpha value is -1.21. The van der Waals surface area contributed by atoms with Gasteiger partial charge in [-0.1, -0.05) is 35.3 Å². The second kappa shape index (κ2) is 6.27. The molecule has 1 heterocycles. The molecular weight excluding hydrogens is 338 g/mol. The summed E-state index contributed by atoms with van der Waals surface area (Å²) in [5.41, 5.74) is 0.536. The van der Waals surface area contributed by atoms with Crippen molar-refractivity contribution in [3.05, 3.63) is 58.1 Å². The number of pyridine rings is 1. The first-order valence-electron chi connectivity index (χ1n) is 5.82. The molecule has 0 atom stereocenters. The van der Waals surface area contributed by atoms with Crippen LogP contribution in [0.5, 0.6) is 0 Å². The number of sulfonamides is 1. The van der Waals surface area contributed by atoms with E-state index in [1.165, 1.54) is 31.3 Å². The molecule has 2 rings (SSSR count). The number of aromatic nitrogens is 1. The minimum Gasteiger partial charge on any atom is -0.242 e. The summed E-state index contributed by atoms with van der Waals surface area (Å²) >= 11 is 11.4. The highest BCUT2D eigenvalue weighted by molar-refractivity contribution is 7.89. The van der Waals surface area contributed by atoms with Crippen LogP contribution in [0.2, 0.25) is 10.2 Å². The molecule has 0 spiro atoms. The van der Waals surface area contributed by atoms with Crippen molar-refractivity contribution < 1.29 is 12.8 Å².